The van der Waals surface area contributed by atoms with Gasteiger partial charge in [0.2, 0.25) is 0 Å². The SMILES string of the molecule is CN1CCN(CCNCCSCCCO)CC1. The van der Waals surface area contributed by atoms with Crippen LogP contribution in [-0.2, 0) is 0 Å². The summed E-state index contributed by atoms with van der Waals surface area (Å²) in [5.74, 6) is 2.24. The van der Waals surface area contributed by atoms with Crippen molar-refractivity contribution in [3.63, 3.8) is 0 Å². The van der Waals surface area contributed by atoms with Gasteiger partial charge in [-0.3, -0.25) is 4.90 Å². The van der Waals surface area contributed by atoms with Crippen molar-refractivity contribution < 1.29 is 5.11 Å². The minimum absolute atomic E-state index is 0.323. The van der Waals surface area contributed by atoms with E-state index in [0.717, 1.165) is 31.0 Å². The minimum Gasteiger partial charge on any atom is -0.396 e. The van der Waals surface area contributed by atoms with Gasteiger partial charge in [0.1, 0.15) is 0 Å². The summed E-state index contributed by atoms with van der Waals surface area (Å²) in [7, 11) is 2.19. The summed E-state index contributed by atoms with van der Waals surface area (Å²) in [6.07, 6.45) is 0.923. The molecule has 1 heterocycles. The van der Waals surface area contributed by atoms with Crippen LogP contribution in [0.2, 0.25) is 0 Å². The van der Waals surface area contributed by atoms with E-state index < -0.39 is 0 Å². The van der Waals surface area contributed by atoms with Crippen LogP contribution < -0.4 is 5.32 Å². The van der Waals surface area contributed by atoms with E-state index in [1.807, 2.05) is 11.8 Å². The van der Waals surface area contributed by atoms with E-state index in [0.29, 0.717) is 6.61 Å². The lowest BCUT2D eigenvalue weighted by atomic mass is 10.3. The summed E-state index contributed by atoms with van der Waals surface area (Å²) in [5, 5.41) is 12.1. The van der Waals surface area contributed by atoms with E-state index in [4.69, 9.17) is 5.11 Å². The molecule has 1 fully saturated rings. The predicted octanol–water partition coefficient (Wildman–Crippen LogP) is -0.0610. The summed E-state index contributed by atoms with van der Waals surface area (Å²) in [6.45, 7) is 8.52. The summed E-state index contributed by atoms with van der Waals surface area (Å²) in [5.41, 5.74) is 0. The summed E-state index contributed by atoms with van der Waals surface area (Å²) < 4.78 is 0. The Balaban J connectivity index is 1.81. The third-order valence-electron chi connectivity index (χ3n) is 3.07. The first-order chi connectivity index (χ1) is 8.33. The summed E-state index contributed by atoms with van der Waals surface area (Å²) in [4.78, 5) is 4.92. The second-order valence-electron chi connectivity index (χ2n) is 4.58. The van der Waals surface area contributed by atoms with E-state index in [1.54, 1.807) is 0 Å². The Bertz CT molecular complexity index is 175. The van der Waals surface area contributed by atoms with Gasteiger partial charge in [-0.25, -0.2) is 0 Å². The Morgan fingerprint density at radius 1 is 1.12 bits per heavy atom. The largest absolute Gasteiger partial charge is 0.396 e. The molecule has 0 aromatic heterocycles. The molecule has 1 aliphatic heterocycles. The second kappa shape index (κ2) is 10.1. The highest BCUT2D eigenvalue weighted by Gasteiger charge is 2.12. The molecular weight excluding hydrogens is 234 g/mol. The zero-order valence-electron chi connectivity index (χ0n) is 11.0. The van der Waals surface area contributed by atoms with Gasteiger partial charge in [0.25, 0.3) is 0 Å². The third-order valence-corrected chi connectivity index (χ3v) is 4.14. The lowest BCUT2D eigenvalue weighted by molar-refractivity contribution is 0.155. The molecule has 1 saturated heterocycles. The highest BCUT2D eigenvalue weighted by atomic mass is 32.2. The predicted molar refractivity (Wildman–Crippen MR) is 75.8 cm³/mol. The molecule has 5 heteroatoms. The number of aliphatic hydroxyl groups excluding tert-OH is 1. The van der Waals surface area contributed by atoms with E-state index in [1.165, 1.54) is 32.7 Å². The van der Waals surface area contributed by atoms with Crippen LogP contribution in [-0.4, -0.2) is 85.9 Å². The van der Waals surface area contributed by atoms with Gasteiger partial charge in [-0.2, -0.15) is 11.8 Å². The molecule has 1 aliphatic rings. The molecule has 4 nitrogen and oxygen atoms in total. The number of nitrogens with one attached hydrogen (secondary N) is 1. The normalized spacial score (nSPS) is 18.7. The molecule has 0 spiro atoms. The quantitative estimate of drug-likeness (QED) is 0.569. The molecule has 0 amide bonds. The van der Waals surface area contributed by atoms with E-state index in [9.17, 15) is 0 Å². The van der Waals surface area contributed by atoms with Crippen molar-refractivity contribution in [1.82, 2.24) is 15.1 Å². The lowest BCUT2D eigenvalue weighted by Gasteiger charge is -2.32. The fourth-order valence-electron chi connectivity index (χ4n) is 1.85. The van der Waals surface area contributed by atoms with Crippen LogP contribution in [0.1, 0.15) is 6.42 Å². The first kappa shape index (κ1) is 15.2. The van der Waals surface area contributed by atoms with Crippen molar-refractivity contribution >= 4 is 11.8 Å². The van der Waals surface area contributed by atoms with Crippen molar-refractivity contribution in [2.45, 2.75) is 6.42 Å². The summed E-state index contributed by atoms with van der Waals surface area (Å²) in [6, 6.07) is 0. The number of piperazine rings is 1. The molecule has 0 radical (unpaired) electrons. The van der Waals surface area contributed by atoms with Gasteiger partial charge in [-0.15, -0.1) is 0 Å². The number of hydrogen-bond donors (Lipinski definition) is 2. The second-order valence-corrected chi connectivity index (χ2v) is 5.81. The molecule has 0 aliphatic carbocycles. The fraction of sp³-hybridized carbons (Fsp3) is 1.00. The molecule has 0 unspecified atom stereocenters. The van der Waals surface area contributed by atoms with Crippen LogP contribution in [0.3, 0.4) is 0 Å². The number of likely N-dealkylation sites (N-methyl/N-ethyl adjacent to an activating group) is 1. The first-order valence-corrected chi connectivity index (χ1v) is 7.78. The maximum absolute atomic E-state index is 8.63. The number of thioether (sulfide) groups is 1. The van der Waals surface area contributed by atoms with E-state index >= 15 is 0 Å². The molecule has 0 aromatic rings. The highest BCUT2D eigenvalue weighted by molar-refractivity contribution is 7.99. The molecule has 0 saturated carbocycles. The maximum Gasteiger partial charge on any atom is 0.0438 e. The van der Waals surface area contributed by atoms with Gasteiger partial charge in [-0.1, -0.05) is 0 Å². The first-order valence-electron chi connectivity index (χ1n) is 6.63. The molecule has 1 rings (SSSR count). The van der Waals surface area contributed by atoms with Crippen LogP contribution >= 0.6 is 11.8 Å². The number of nitrogens with zero attached hydrogens (tertiary/aromatic N) is 2. The zero-order chi connectivity index (χ0) is 12.3. The Morgan fingerprint density at radius 3 is 2.59 bits per heavy atom. The third kappa shape index (κ3) is 8.00. The average molecular weight is 261 g/mol. The number of aliphatic hydroxyl groups is 1. The van der Waals surface area contributed by atoms with Crippen LogP contribution in [0.25, 0.3) is 0 Å². The fourth-order valence-corrected chi connectivity index (χ4v) is 2.67. The Hall–Kier alpha value is 0.190. The van der Waals surface area contributed by atoms with Gasteiger partial charge in [0.05, 0.1) is 0 Å². The molecule has 2 N–H and O–H groups in total. The van der Waals surface area contributed by atoms with Gasteiger partial charge in [-0.05, 0) is 19.2 Å². The van der Waals surface area contributed by atoms with Crippen molar-refractivity contribution in [2.24, 2.45) is 0 Å². The minimum atomic E-state index is 0.323. The Morgan fingerprint density at radius 2 is 1.88 bits per heavy atom. The topological polar surface area (TPSA) is 38.7 Å². The Kier molecular flexibility index (Phi) is 9.10. The van der Waals surface area contributed by atoms with Crippen molar-refractivity contribution in [3.05, 3.63) is 0 Å². The van der Waals surface area contributed by atoms with Crippen LogP contribution in [0.15, 0.2) is 0 Å². The molecule has 17 heavy (non-hydrogen) atoms. The molecule has 0 bridgehead atoms. The monoisotopic (exact) mass is 261 g/mol. The Labute approximate surface area is 110 Å². The molecular formula is C12H27N3OS. The standard InChI is InChI=1S/C12H27N3OS/c1-14-6-8-15(9-7-14)5-3-13-4-12-17-11-2-10-16/h13,16H,2-12H2,1H3. The van der Waals surface area contributed by atoms with Gasteiger partial charge >= 0.3 is 0 Å². The van der Waals surface area contributed by atoms with E-state index in [2.05, 4.69) is 22.2 Å². The van der Waals surface area contributed by atoms with E-state index in [-0.39, 0.29) is 0 Å². The number of hydrogen-bond acceptors (Lipinski definition) is 5. The highest BCUT2D eigenvalue weighted by Crippen LogP contribution is 2.00. The molecule has 0 atom stereocenters. The average Bonchev–Trinajstić information content (AvgIpc) is 2.35. The van der Waals surface area contributed by atoms with Crippen molar-refractivity contribution in [3.8, 4) is 0 Å². The van der Waals surface area contributed by atoms with Crippen LogP contribution in [0.5, 0.6) is 0 Å². The maximum atomic E-state index is 8.63. The summed E-state index contributed by atoms with van der Waals surface area (Å²) >= 11 is 1.92. The van der Waals surface area contributed by atoms with Crippen molar-refractivity contribution in [1.29, 1.82) is 0 Å². The molecule has 0 aromatic carbocycles. The van der Waals surface area contributed by atoms with Gasteiger partial charge in [0.15, 0.2) is 0 Å². The van der Waals surface area contributed by atoms with Crippen LogP contribution in [0, 0.1) is 0 Å². The van der Waals surface area contributed by atoms with Crippen LogP contribution in [0.4, 0.5) is 0 Å². The smallest absolute Gasteiger partial charge is 0.0438 e. The molecule has 102 valence electrons. The van der Waals surface area contributed by atoms with Gasteiger partial charge in [0, 0.05) is 58.2 Å². The van der Waals surface area contributed by atoms with Gasteiger partial charge < -0.3 is 15.3 Å². The number of rotatable bonds is 9. The lowest BCUT2D eigenvalue weighted by Crippen LogP contribution is -2.46. The van der Waals surface area contributed by atoms with Crippen molar-refractivity contribution in [2.75, 3.05) is 71.0 Å². The zero-order valence-corrected chi connectivity index (χ0v) is 11.8.